The Balaban J connectivity index is 1.45. The second kappa shape index (κ2) is 8.81. The summed E-state index contributed by atoms with van der Waals surface area (Å²) < 4.78 is 5.81. The lowest BCUT2D eigenvalue weighted by atomic mass is 9.90. The minimum absolute atomic E-state index is 0.0975. The molecule has 0 saturated carbocycles. The minimum atomic E-state index is 0.0975. The van der Waals surface area contributed by atoms with Crippen molar-refractivity contribution >= 4 is 5.91 Å². The van der Waals surface area contributed by atoms with Crippen molar-refractivity contribution in [2.24, 2.45) is 5.92 Å². The Bertz CT molecular complexity index is 585. The Hall–Kier alpha value is -1.39. The molecule has 1 N–H and O–H groups in total. The van der Waals surface area contributed by atoms with Gasteiger partial charge < -0.3 is 10.1 Å². The first-order chi connectivity index (χ1) is 12.1. The van der Waals surface area contributed by atoms with Gasteiger partial charge in [-0.05, 0) is 48.3 Å². The van der Waals surface area contributed by atoms with Crippen LogP contribution in [-0.4, -0.2) is 49.7 Å². The van der Waals surface area contributed by atoms with Crippen LogP contribution in [0, 0.1) is 5.92 Å². The largest absolute Gasteiger partial charge is 0.374 e. The number of benzene rings is 1. The van der Waals surface area contributed by atoms with Crippen molar-refractivity contribution in [3.8, 4) is 0 Å². The standard InChI is InChI=1S/C21H32N2O2/c1-16(2)14-23-9-10-25-20(15-23)13-22-21(24)12-17-7-8-18-5-3-4-6-19(18)11-17/h7-8,11,16,20H,3-6,9-10,12-15H2,1-2H3,(H,22,24). The number of carbonyl (C=O) groups is 1. The van der Waals surface area contributed by atoms with Crippen LogP contribution in [0.5, 0.6) is 0 Å². The molecular formula is C21H32N2O2. The first-order valence-electron chi connectivity index (χ1n) is 9.81. The van der Waals surface area contributed by atoms with E-state index in [2.05, 4.69) is 42.3 Å². The SMILES string of the molecule is CC(C)CN1CCOC(CNC(=O)Cc2ccc3c(c2)CCCC3)C1. The minimum Gasteiger partial charge on any atom is -0.374 e. The number of morpholine rings is 1. The summed E-state index contributed by atoms with van der Waals surface area (Å²) in [6.45, 7) is 8.87. The van der Waals surface area contributed by atoms with Crippen LogP contribution in [0.1, 0.15) is 43.4 Å². The Morgan fingerprint density at radius 1 is 1.28 bits per heavy atom. The fourth-order valence-corrected chi connectivity index (χ4v) is 3.96. The van der Waals surface area contributed by atoms with E-state index in [1.165, 1.54) is 30.4 Å². The highest BCUT2D eigenvalue weighted by Crippen LogP contribution is 2.22. The van der Waals surface area contributed by atoms with Crippen LogP contribution in [0.2, 0.25) is 0 Å². The van der Waals surface area contributed by atoms with Crippen LogP contribution in [0.25, 0.3) is 0 Å². The van der Waals surface area contributed by atoms with E-state index in [0.717, 1.165) is 38.2 Å². The molecule has 2 aliphatic rings. The molecular weight excluding hydrogens is 312 g/mol. The van der Waals surface area contributed by atoms with Crippen LogP contribution in [-0.2, 0) is 28.8 Å². The lowest BCUT2D eigenvalue weighted by molar-refractivity contribution is -0.121. The summed E-state index contributed by atoms with van der Waals surface area (Å²) in [5.74, 6) is 0.762. The van der Waals surface area contributed by atoms with E-state index in [0.29, 0.717) is 18.9 Å². The highest BCUT2D eigenvalue weighted by Gasteiger charge is 2.21. The molecule has 4 heteroatoms. The number of hydrogen-bond donors (Lipinski definition) is 1. The van der Waals surface area contributed by atoms with E-state index in [4.69, 9.17) is 4.74 Å². The van der Waals surface area contributed by atoms with Gasteiger partial charge in [-0.15, -0.1) is 0 Å². The van der Waals surface area contributed by atoms with Crippen molar-refractivity contribution in [2.75, 3.05) is 32.8 Å². The van der Waals surface area contributed by atoms with Gasteiger partial charge in [0.15, 0.2) is 0 Å². The summed E-state index contributed by atoms with van der Waals surface area (Å²) in [7, 11) is 0. The number of ether oxygens (including phenoxy) is 1. The van der Waals surface area contributed by atoms with Crippen molar-refractivity contribution in [2.45, 2.75) is 52.1 Å². The number of fused-ring (bicyclic) bond motifs is 1. The molecule has 1 saturated heterocycles. The van der Waals surface area contributed by atoms with Crippen molar-refractivity contribution < 1.29 is 9.53 Å². The summed E-state index contributed by atoms with van der Waals surface area (Å²) in [6.07, 6.45) is 5.49. The first-order valence-corrected chi connectivity index (χ1v) is 9.81. The lowest BCUT2D eigenvalue weighted by Gasteiger charge is -2.34. The van der Waals surface area contributed by atoms with E-state index in [-0.39, 0.29) is 12.0 Å². The fraction of sp³-hybridized carbons (Fsp3) is 0.667. The average molecular weight is 344 g/mol. The van der Waals surface area contributed by atoms with E-state index < -0.39 is 0 Å². The van der Waals surface area contributed by atoms with Gasteiger partial charge in [-0.3, -0.25) is 9.69 Å². The zero-order chi connectivity index (χ0) is 17.6. The van der Waals surface area contributed by atoms with Gasteiger partial charge >= 0.3 is 0 Å². The van der Waals surface area contributed by atoms with E-state index >= 15 is 0 Å². The van der Waals surface area contributed by atoms with Crippen LogP contribution in [0.3, 0.4) is 0 Å². The highest BCUT2D eigenvalue weighted by atomic mass is 16.5. The fourth-order valence-electron chi connectivity index (χ4n) is 3.96. The predicted molar refractivity (Wildman–Crippen MR) is 101 cm³/mol. The molecule has 1 unspecified atom stereocenters. The monoisotopic (exact) mass is 344 g/mol. The molecule has 0 bridgehead atoms. The van der Waals surface area contributed by atoms with Gasteiger partial charge in [0.05, 0.1) is 19.1 Å². The summed E-state index contributed by atoms with van der Waals surface area (Å²) in [5, 5.41) is 3.06. The third-order valence-corrected chi connectivity index (χ3v) is 5.15. The summed E-state index contributed by atoms with van der Waals surface area (Å²) >= 11 is 0. The Morgan fingerprint density at radius 3 is 2.88 bits per heavy atom. The molecule has 1 fully saturated rings. The molecule has 0 aromatic heterocycles. The van der Waals surface area contributed by atoms with Gasteiger partial charge in [-0.25, -0.2) is 0 Å². The average Bonchev–Trinajstić information content (AvgIpc) is 2.60. The Kier molecular flexibility index (Phi) is 6.49. The molecule has 1 heterocycles. The van der Waals surface area contributed by atoms with Gasteiger partial charge in [0.25, 0.3) is 0 Å². The van der Waals surface area contributed by atoms with E-state index in [9.17, 15) is 4.79 Å². The van der Waals surface area contributed by atoms with Crippen molar-refractivity contribution in [3.05, 3.63) is 34.9 Å². The lowest BCUT2D eigenvalue weighted by Crippen LogP contribution is -2.48. The molecule has 4 nitrogen and oxygen atoms in total. The topological polar surface area (TPSA) is 41.6 Å². The maximum Gasteiger partial charge on any atom is 0.224 e. The van der Waals surface area contributed by atoms with E-state index in [1.54, 1.807) is 0 Å². The van der Waals surface area contributed by atoms with Crippen LogP contribution >= 0.6 is 0 Å². The molecule has 0 spiro atoms. The summed E-state index contributed by atoms with van der Waals surface area (Å²) in [4.78, 5) is 14.7. The number of nitrogens with zero attached hydrogens (tertiary/aromatic N) is 1. The van der Waals surface area contributed by atoms with Gasteiger partial charge in [0, 0.05) is 26.2 Å². The molecule has 3 rings (SSSR count). The number of rotatable bonds is 6. The molecule has 1 amide bonds. The van der Waals surface area contributed by atoms with Crippen molar-refractivity contribution in [1.82, 2.24) is 10.2 Å². The molecule has 1 aromatic rings. The molecule has 1 aliphatic carbocycles. The molecule has 138 valence electrons. The van der Waals surface area contributed by atoms with Crippen molar-refractivity contribution in [3.63, 3.8) is 0 Å². The number of hydrogen-bond acceptors (Lipinski definition) is 3. The van der Waals surface area contributed by atoms with Gasteiger partial charge in [-0.1, -0.05) is 32.0 Å². The predicted octanol–water partition coefficient (Wildman–Crippen LogP) is 2.58. The van der Waals surface area contributed by atoms with Crippen LogP contribution in [0.4, 0.5) is 0 Å². The first kappa shape index (κ1) is 18.4. The third kappa shape index (κ3) is 5.55. The maximum absolute atomic E-state index is 12.3. The molecule has 1 aliphatic heterocycles. The van der Waals surface area contributed by atoms with E-state index in [1.807, 2.05) is 0 Å². The molecule has 0 radical (unpaired) electrons. The van der Waals surface area contributed by atoms with Crippen LogP contribution < -0.4 is 5.32 Å². The number of aryl methyl sites for hydroxylation is 2. The number of carbonyl (C=O) groups excluding carboxylic acids is 1. The second-order valence-corrected chi connectivity index (χ2v) is 7.94. The highest BCUT2D eigenvalue weighted by molar-refractivity contribution is 5.78. The summed E-state index contributed by atoms with van der Waals surface area (Å²) in [5.41, 5.74) is 4.04. The maximum atomic E-state index is 12.3. The van der Waals surface area contributed by atoms with Gasteiger partial charge in [0.1, 0.15) is 0 Å². The normalized spacial score (nSPS) is 21.2. The summed E-state index contributed by atoms with van der Waals surface area (Å²) in [6, 6.07) is 6.56. The second-order valence-electron chi connectivity index (χ2n) is 7.94. The smallest absolute Gasteiger partial charge is 0.224 e. The molecule has 1 aromatic carbocycles. The van der Waals surface area contributed by atoms with Gasteiger partial charge in [-0.2, -0.15) is 0 Å². The number of amides is 1. The zero-order valence-electron chi connectivity index (χ0n) is 15.7. The molecule has 25 heavy (non-hydrogen) atoms. The van der Waals surface area contributed by atoms with Crippen LogP contribution in [0.15, 0.2) is 18.2 Å². The Morgan fingerprint density at radius 2 is 2.08 bits per heavy atom. The van der Waals surface area contributed by atoms with Gasteiger partial charge in [0.2, 0.25) is 5.91 Å². The number of nitrogens with one attached hydrogen (secondary N) is 1. The zero-order valence-corrected chi connectivity index (χ0v) is 15.7. The Labute approximate surface area is 151 Å². The third-order valence-electron chi connectivity index (χ3n) is 5.15. The van der Waals surface area contributed by atoms with Crippen molar-refractivity contribution in [1.29, 1.82) is 0 Å². The quantitative estimate of drug-likeness (QED) is 0.862. The molecule has 1 atom stereocenters.